The number of oxime groups is 1. The van der Waals surface area contributed by atoms with Gasteiger partial charge in [0.2, 0.25) is 0 Å². The van der Waals surface area contributed by atoms with Crippen molar-refractivity contribution in [3.63, 3.8) is 0 Å². The second kappa shape index (κ2) is 9.85. The summed E-state index contributed by atoms with van der Waals surface area (Å²) in [5, 5.41) is 6.82. The number of hydrogen-bond donors (Lipinski definition) is 1. The second-order valence-electron chi connectivity index (χ2n) is 6.74. The third kappa shape index (κ3) is 6.10. The van der Waals surface area contributed by atoms with Crippen LogP contribution in [0.4, 0.5) is 0 Å². The third-order valence-corrected chi connectivity index (χ3v) is 4.47. The van der Waals surface area contributed by atoms with Crippen molar-refractivity contribution in [1.29, 1.82) is 0 Å². The van der Waals surface area contributed by atoms with E-state index in [0.717, 1.165) is 31.2 Å². The van der Waals surface area contributed by atoms with Crippen LogP contribution in [0, 0.1) is 0 Å². The highest BCUT2D eigenvalue weighted by Gasteiger charge is 2.29. The average Bonchev–Trinajstić information content (AvgIpc) is 2.62. The van der Waals surface area contributed by atoms with Crippen molar-refractivity contribution in [1.82, 2.24) is 5.32 Å². The maximum absolute atomic E-state index is 12.9. The Labute approximate surface area is 154 Å². The van der Waals surface area contributed by atoms with Gasteiger partial charge in [-0.3, -0.25) is 9.59 Å². The van der Waals surface area contributed by atoms with Gasteiger partial charge < -0.3 is 10.2 Å². The van der Waals surface area contributed by atoms with Crippen LogP contribution in [0.25, 0.3) is 0 Å². The van der Waals surface area contributed by atoms with Crippen molar-refractivity contribution < 1.29 is 19.2 Å². The first-order chi connectivity index (χ1) is 12.5. The lowest BCUT2D eigenvalue weighted by molar-refractivity contribution is -0.141. The molecule has 1 aromatic carbocycles. The Bertz CT molecular complexity index is 664. The van der Waals surface area contributed by atoms with Gasteiger partial charge in [0.05, 0.1) is 0 Å². The van der Waals surface area contributed by atoms with Crippen molar-refractivity contribution in [2.45, 2.75) is 64.3 Å². The monoisotopic (exact) mass is 358 g/mol. The van der Waals surface area contributed by atoms with Crippen molar-refractivity contribution in [3.05, 3.63) is 35.9 Å². The van der Waals surface area contributed by atoms with E-state index in [0.29, 0.717) is 0 Å². The highest BCUT2D eigenvalue weighted by atomic mass is 16.7. The summed E-state index contributed by atoms with van der Waals surface area (Å²) in [6, 6.07) is 9.30. The van der Waals surface area contributed by atoms with E-state index in [1.54, 1.807) is 0 Å². The predicted octanol–water partition coefficient (Wildman–Crippen LogP) is 3.12. The van der Waals surface area contributed by atoms with Crippen molar-refractivity contribution in [3.8, 4) is 0 Å². The summed E-state index contributed by atoms with van der Waals surface area (Å²) in [4.78, 5) is 40.7. The molecule has 1 unspecified atom stereocenters. The quantitative estimate of drug-likeness (QED) is 0.461. The fourth-order valence-electron chi connectivity index (χ4n) is 3.23. The summed E-state index contributed by atoms with van der Waals surface area (Å²) >= 11 is 0. The van der Waals surface area contributed by atoms with Gasteiger partial charge in [0, 0.05) is 25.3 Å². The van der Waals surface area contributed by atoms with Gasteiger partial charge >= 0.3 is 5.97 Å². The lowest BCUT2D eigenvalue weighted by Crippen LogP contribution is -2.42. The summed E-state index contributed by atoms with van der Waals surface area (Å²) in [5.41, 5.74) is 0.847. The van der Waals surface area contributed by atoms with Crippen molar-refractivity contribution in [2.75, 3.05) is 0 Å². The Morgan fingerprint density at radius 2 is 1.77 bits per heavy atom. The molecule has 1 saturated carbocycles. The van der Waals surface area contributed by atoms with E-state index >= 15 is 0 Å². The number of benzene rings is 1. The predicted molar refractivity (Wildman–Crippen MR) is 98.7 cm³/mol. The molecule has 0 aliphatic heterocycles. The summed E-state index contributed by atoms with van der Waals surface area (Å²) in [6.45, 7) is 2.70. The van der Waals surface area contributed by atoms with E-state index in [9.17, 15) is 14.4 Å². The van der Waals surface area contributed by atoms with Gasteiger partial charge in [-0.25, -0.2) is 4.79 Å². The minimum Gasteiger partial charge on any atom is -0.348 e. The molecule has 0 radical (unpaired) electrons. The van der Waals surface area contributed by atoms with E-state index in [2.05, 4.69) is 10.5 Å². The molecular weight excluding hydrogens is 332 g/mol. The first kappa shape index (κ1) is 19.8. The van der Waals surface area contributed by atoms with E-state index in [1.165, 1.54) is 20.3 Å². The van der Waals surface area contributed by atoms with Gasteiger partial charge in [-0.15, -0.1) is 0 Å². The smallest absolute Gasteiger partial charge is 0.331 e. The number of nitrogens with one attached hydrogen (secondary N) is 1. The Kier molecular flexibility index (Phi) is 7.51. The number of ketones is 1. The molecule has 1 amide bonds. The van der Waals surface area contributed by atoms with Crippen LogP contribution in [0.15, 0.2) is 35.5 Å². The molecule has 140 valence electrons. The highest BCUT2D eigenvalue weighted by Crippen LogP contribution is 2.24. The molecule has 1 fully saturated rings. The van der Waals surface area contributed by atoms with Gasteiger partial charge in [0.15, 0.2) is 5.71 Å². The maximum atomic E-state index is 12.9. The largest absolute Gasteiger partial charge is 0.348 e. The number of carbonyl (C=O) groups is 3. The van der Waals surface area contributed by atoms with Crippen LogP contribution in [0.3, 0.4) is 0 Å². The SMILES string of the molecule is CC(=O)CC(/C(=N\OC(C)=O)C(=O)NC1CCCCC1)c1ccccc1. The molecule has 26 heavy (non-hydrogen) atoms. The maximum Gasteiger partial charge on any atom is 0.331 e. The Morgan fingerprint density at radius 1 is 1.12 bits per heavy atom. The molecule has 1 atom stereocenters. The van der Waals surface area contributed by atoms with Gasteiger partial charge in [0.1, 0.15) is 5.78 Å². The minimum absolute atomic E-state index is 0.0622. The fraction of sp³-hybridized carbons (Fsp3) is 0.500. The van der Waals surface area contributed by atoms with E-state index in [4.69, 9.17) is 4.84 Å². The summed E-state index contributed by atoms with van der Waals surface area (Å²) in [6.07, 6.45) is 5.30. The average molecular weight is 358 g/mol. The Morgan fingerprint density at radius 3 is 2.35 bits per heavy atom. The second-order valence-corrected chi connectivity index (χ2v) is 6.74. The van der Waals surface area contributed by atoms with Crippen LogP contribution in [-0.4, -0.2) is 29.4 Å². The van der Waals surface area contributed by atoms with Crippen LogP contribution < -0.4 is 5.32 Å². The standard InChI is InChI=1S/C20H26N2O4/c1-14(23)13-18(16-9-5-3-6-10-16)19(22-26-15(2)24)20(25)21-17-11-7-4-8-12-17/h3,5-6,9-10,17-18H,4,7-8,11-13H2,1-2H3,(H,21,25)/b22-19+. The van der Waals surface area contributed by atoms with E-state index in [-0.39, 0.29) is 29.9 Å². The number of amides is 1. The van der Waals surface area contributed by atoms with Crippen LogP contribution >= 0.6 is 0 Å². The lowest BCUT2D eigenvalue weighted by Gasteiger charge is -2.24. The molecule has 6 nitrogen and oxygen atoms in total. The fourth-order valence-corrected chi connectivity index (χ4v) is 3.23. The van der Waals surface area contributed by atoms with Crippen LogP contribution in [0.2, 0.25) is 0 Å². The summed E-state index contributed by atoms with van der Waals surface area (Å²) < 4.78 is 0. The summed E-state index contributed by atoms with van der Waals surface area (Å²) in [7, 11) is 0. The van der Waals surface area contributed by atoms with Gasteiger partial charge in [0.25, 0.3) is 5.91 Å². The van der Waals surface area contributed by atoms with Crippen molar-refractivity contribution >= 4 is 23.4 Å². The molecule has 6 heteroatoms. The molecule has 0 spiro atoms. The molecule has 0 bridgehead atoms. The molecule has 1 aliphatic carbocycles. The molecule has 2 rings (SSSR count). The third-order valence-electron chi connectivity index (χ3n) is 4.47. The topological polar surface area (TPSA) is 84.8 Å². The molecule has 0 heterocycles. The van der Waals surface area contributed by atoms with Gasteiger partial charge in [-0.1, -0.05) is 54.8 Å². The molecule has 1 aliphatic rings. The molecule has 0 aromatic heterocycles. The van der Waals surface area contributed by atoms with Crippen LogP contribution in [0.1, 0.15) is 63.9 Å². The number of nitrogens with zero attached hydrogens (tertiary/aromatic N) is 1. The van der Waals surface area contributed by atoms with Gasteiger partial charge in [-0.05, 0) is 25.3 Å². The first-order valence-corrected chi connectivity index (χ1v) is 9.08. The zero-order valence-corrected chi connectivity index (χ0v) is 15.4. The van der Waals surface area contributed by atoms with Gasteiger partial charge in [-0.2, -0.15) is 0 Å². The molecule has 1 aromatic rings. The highest BCUT2D eigenvalue weighted by molar-refractivity contribution is 6.41. The normalized spacial score (nSPS) is 16.6. The van der Waals surface area contributed by atoms with E-state index < -0.39 is 11.9 Å². The zero-order chi connectivity index (χ0) is 18.9. The Hall–Kier alpha value is -2.50. The van der Waals surface area contributed by atoms with Crippen molar-refractivity contribution in [2.24, 2.45) is 5.16 Å². The number of carbonyl (C=O) groups excluding carboxylic acids is 3. The van der Waals surface area contributed by atoms with Crippen LogP contribution in [-0.2, 0) is 19.2 Å². The number of rotatable bonds is 7. The molecule has 0 saturated heterocycles. The first-order valence-electron chi connectivity index (χ1n) is 9.08. The number of Topliss-reactive ketones (excluding diaryl/α,β-unsaturated/α-hetero) is 1. The lowest BCUT2D eigenvalue weighted by atomic mass is 9.88. The Balaban J connectivity index is 2.29. The summed E-state index contributed by atoms with van der Waals surface area (Å²) in [5.74, 6) is -1.62. The molecular formula is C20H26N2O4. The zero-order valence-electron chi connectivity index (χ0n) is 15.4. The van der Waals surface area contributed by atoms with E-state index in [1.807, 2.05) is 30.3 Å². The minimum atomic E-state index is -0.609. The number of hydrogen-bond acceptors (Lipinski definition) is 5. The molecule has 1 N–H and O–H groups in total. The van der Waals surface area contributed by atoms with Crippen LogP contribution in [0.5, 0.6) is 0 Å².